The molecule has 0 aromatic carbocycles. The summed E-state index contributed by atoms with van der Waals surface area (Å²) in [7, 11) is 0. The predicted molar refractivity (Wildman–Crippen MR) is 43.4 cm³/mol. The van der Waals surface area contributed by atoms with Crippen molar-refractivity contribution in [2.24, 2.45) is 0 Å². The van der Waals surface area contributed by atoms with Gasteiger partial charge in [0, 0.05) is 0 Å². The maximum absolute atomic E-state index is 9.03. The lowest BCUT2D eigenvalue weighted by Crippen LogP contribution is -2.58. The lowest BCUT2D eigenvalue weighted by Gasteiger charge is -2.43. The average Bonchev–Trinajstić information content (AvgIpc) is 2.27. The fourth-order valence-electron chi connectivity index (χ4n) is 1.74. The van der Waals surface area contributed by atoms with E-state index in [0.717, 1.165) is 0 Å². The number of fused-ring (bicyclic) bond motifs is 1. The quantitative estimate of drug-likeness (QED) is 0.570. The molecule has 14 heavy (non-hydrogen) atoms. The zero-order valence-electron chi connectivity index (χ0n) is 7.67. The van der Waals surface area contributed by atoms with Gasteiger partial charge in [-0.2, -0.15) is 0 Å². The Morgan fingerprint density at radius 2 is 1.21 bits per heavy atom. The lowest BCUT2D eigenvalue weighted by molar-refractivity contribution is -0.328. The Hall–Kier alpha value is -0.240. The van der Waals surface area contributed by atoms with Crippen molar-refractivity contribution in [3.63, 3.8) is 0 Å². The van der Waals surface area contributed by atoms with E-state index in [1.54, 1.807) is 0 Å². The summed E-state index contributed by atoms with van der Waals surface area (Å²) in [5.74, 6) is 0. The van der Waals surface area contributed by atoms with Crippen LogP contribution in [0.25, 0.3) is 0 Å². The van der Waals surface area contributed by atoms with Gasteiger partial charge in [0.05, 0.1) is 13.2 Å². The Bertz CT molecular complexity index is 167. The molecule has 2 heterocycles. The molecule has 6 nitrogen and oxygen atoms in total. The van der Waals surface area contributed by atoms with Crippen LogP contribution < -0.4 is 0 Å². The molecule has 82 valence electrons. The Morgan fingerprint density at radius 1 is 0.786 bits per heavy atom. The van der Waals surface area contributed by atoms with Crippen LogP contribution in [-0.4, -0.2) is 61.4 Å². The smallest absolute Gasteiger partial charge is 0.147 e. The molecule has 0 spiro atoms. The highest BCUT2D eigenvalue weighted by Gasteiger charge is 2.43. The lowest BCUT2D eigenvalue weighted by atomic mass is 10.0. The van der Waals surface area contributed by atoms with Crippen molar-refractivity contribution in [3.05, 3.63) is 0 Å². The second-order valence-electron chi connectivity index (χ2n) is 3.27. The van der Waals surface area contributed by atoms with E-state index in [2.05, 4.69) is 0 Å². The number of aliphatic hydroxyl groups excluding tert-OH is 2. The first-order valence-corrected chi connectivity index (χ1v) is 4.55. The van der Waals surface area contributed by atoms with Gasteiger partial charge < -0.3 is 29.2 Å². The maximum atomic E-state index is 9.03. The topological polar surface area (TPSA) is 77.4 Å². The average molecular weight is 206 g/mol. The van der Waals surface area contributed by atoms with Gasteiger partial charge in [0.15, 0.2) is 0 Å². The van der Waals surface area contributed by atoms with E-state index >= 15 is 0 Å². The van der Waals surface area contributed by atoms with Gasteiger partial charge in [0.25, 0.3) is 0 Å². The van der Waals surface area contributed by atoms with E-state index in [-0.39, 0.29) is 39.0 Å². The molecule has 2 fully saturated rings. The highest BCUT2D eigenvalue weighted by molar-refractivity contribution is 4.88. The van der Waals surface area contributed by atoms with Gasteiger partial charge in [-0.05, 0) is 0 Å². The van der Waals surface area contributed by atoms with Crippen LogP contribution in [0.4, 0.5) is 0 Å². The molecule has 0 saturated carbocycles. The minimum absolute atomic E-state index is 0.0929. The summed E-state index contributed by atoms with van der Waals surface area (Å²) in [5.41, 5.74) is 0. The molecule has 2 aliphatic heterocycles. The fourth-order valence-corrected chi connectivity index (χ4v) is 1.74. The standard InChI is InChI=1S/C8H14O6/c9-1-5-7-8(14-3-11-5)6(2-10)12-4-13-7/h5-10H,1-4H2/t5-,6-,7-,8?/m1/s1. The Morgan fingerprint density at radius 3 is 1.57 bits per heavy atom. The zero-order chi connectivity index (χ0) is 9.97. The molecule has 2 aliphatic rings. The summed E-state index contributed by atoms with van der Waals surface area (Å²) in [6.07, 6.45) is -1.52. The van der Waals surface area contributed by atoms with Crippen molar-refractivity contribution >= 4 is 0 Å². The third-order valence-corrected chi connectivity index (χ3v) is 2.50. The van der Waals surface area contributed by atoms with Crippen LogP contribution in [0.1, 0.15) is 0 Å². The molecular formula is C8H14O6. The largest absolute Gasteiger partial charge is 0.394 e. The minimum atomic E-state index is -0.397. The monoisotopic (exact) mass is 206 g/mol. The van der Waals surface area contributed by atoms with E-state index in [1.165, 1.54) is 0 Å². The molecule has 0 aromatic heterocycles. The first-order valence-electron chi connectivity index (χ1n) is 4.55. The van der Waals surface area contributed by atoms with Gasteiger partial charge in [0.1, 0.15) is 38.0 Å². The van der Waals surface area contributed by atoms with Crippen LogP contribution in [0.5, 0.6) is 0 Å². The number of rotatable bonds is 2. The van der Waals surface area contributed by atoms with Crippen LogP contribution in [-0.2, 0) is 18.9 Å². The highest BCUT2D eigenvalue weighted by Crippen LogP contribution is 2.25. The van der Waals surface area contributed by atoms with E-state index < -0.39 is 12.2 Å². The maximum Gasteiger partial charge on any atom is 0.147 e. The molecule has 0 aromatic rings. The van der Waals surface area contributed by atoms with Crippen molar-refractivity contribution in [3.8, 4) is 0 Å². The molecule has 2 rings (SSSR count). The molecule has 0 bridgehead atoms. The van der Waals surface area contributed by atoms with E-state index in [0.29, 0.717) is 0 Å². The molecular weight excluding hydrogens is 192 g/mol. The predicted octanol–water partition coefficient (Wildman–Crippen LogP) is -1.55. The number of hydrogen-bond acceptors (Lipinski definition) is 6. The number of aliphatic hydroxyl groups is 2. The van der Waals surface area contributed by atoms with Gasteiger partial charge in [-0.25, -0.2) is 0 Å². The Labute approximate surface area is 81.3 Å². The molecule has 0 radical (unpaired) electrons. The third-order valence-electron chi connectivity index (χ3n) is 2.50. The van der Waals surface area contributed by atoms with Gasteiger partial charge in [-0.3, -0.25) is 0 Å². The van der Waals surface area contributed by atoms with Crippen molar-refractivity contribution in [2.75, 3.05) is 26.8 Å². The van der Waals surface area contributed by atoms with E-state index in [4.69, 9.17) is 29.2 Å². The van der Waals surface area contributed by atoms with Gasteiger partial charge in [-0.15, -0.1) is 0 Å². The second-order valence-corrected chi connectivity index (χ2v) is 3.27. The summed E-state index contributed by atoms with van der Waals surface area (Å²) >= 11 is 0. The van der Waals surface area contributed by atoms with Crippen LogP contribution in [0, 0.1) is 0 Å². The fraction of sp³-hybridized carbons (Fsp3) is 1.00. The molecule has 0 aliphatic carbocycles. The molecule has 2 saturated heterocycles. The molecule has 4 atom stereocenters. The first kappa shape index (κ1) is 10.3. The molecule has 6 heteroatoms. The summed E-state index contributed by atoms with van der Waals surface area (Å²) < 4.78 is 20.9. The van der Waals surface area contributed by atoms with Crippen molar-refractivity contribution in [2.45, 2.75) is 24.4 Å². The third kappa shape index (κ3) is 1.77. The summed E-state index contributed by atoms with van der Waals surface area (Å²) in [6, 6.07) is 0. The van der Waals surface area contributed by atoms with E-state index in [1.807, 2.05) is 0 Å². The Balaban J connectivity index is 2.04. The first-order chi connectivity index (χ1) is 6.86. The normalized spacial score (nSPS) is 43.3. The zero-order valence-corrected chi connectivity index (χ0v) is 7.67. The second kappa shape index (κ2) is 4.52. The SMILES string of the molecule is OC[C@H]1OCO[C@H]2C1OCO[C@@H]2CO. The summed E-state index contributed by atoms with van der Waals surface area (Å²) in [5, 5.41) is 18.1. The van der Waals surface area contributed by atoms with Crippen LogP contribution >= 0.6 is 0 Å². The molecule has 0 amide bonds. The minimum Gasteiger partial charge on any atom is -0.394 e. The van der Waals surface area contributed by atoms with Gasteiger partial charge >= 0.3 is 0 Å². The van der Waals surface area contributed by atoms with Gasteiger partial charge in [-0.1, -0.05) is 0 Å². The Kier molecular flexibility index (Phi) is 3.32. The number of hydrogen-bond donors (Lipinski definition) is 2. The summed E-state index contributed by atoms with van der Waals surface area (Å²) in [4.78, 5) is 0. The van der Waals surface area contributed by atoms with Crippen LogP contribution in [0.2, 0.25) is 0 Å². The van der Waals surface area contributed by atoms with Crippen molar-refractivity contribution < 1.29 is 29.2 Å². The molecule has 1 unspecified atom stereocenters. The van der Waals surface area contributed by atoms with Crippen LogP contribution in [0.15, 0.2) is 0 Å². The van der Waals surface area contributed by atoms with Crippen molar-refractivity contribution in [1.29, 1.82) is 0 Å². The number of ether oxygens (including phenoxy) is 4. The van der Waals surface area contributed by atoms with Crippen LogP contribution in [0.3, 0.4) is 0 Å². The summed E-state index contributed by atoms with van der Waals surface area (Å²) in [6.45, 7) is -0.0590. The van der Waals surface area contributed by atoms with E-state index in [9.17, 15) is 0 Å². The highest BCUT2D eigenvalue weighted by atomic mass is 16.8. The molecule has 2 N–H and O–H groups in total. The van der Waals surface area contributed by atoms with Gasteiger partial charge in [0.2, 0.25) is 0 Å². The van der Waals surface area contributed by atoms with Crippen molar-refractivity contribution in [1.82, 2.24) is 0 Å².